The molecule has 6 heteroatoms. The summed E-state index contributed by atoms with van der Waals surface area (Å²) in [5.74, 6) is -0.108. The molecule has 0 fully saturated rings. The van der Waals surface area contributed by atoms with Crippen molar-refractivity contribution in [3.05, 3.63) is 93.9 Å². The minimum absolute atomic E-state index is 0.108. The standard InChI is InChI=1S/C23H25N3O2S/c1-4-19-15-20(27)26(3)23(24-19)29-16(2)22(28)25-21(17-11-7-5-8-12-17)18-13-9-6-10-14-18/h5-16,21H,4H2,1-3H3,(H,25,28). The Hall–Kier alpha value is -2.86. The first-order valence-corrected chi connectivity index (χ1v) is 10.5. The van der Waals surface area contributed by atoms with Crippen LogP contribution in [0, 0.1) is 0 Å². The molecule has 1 amide bonds. The van der Waals surface area contributed by atoms with Gasteiger partial charge in [-0.3, -0.25) is 14.2 Å². The van der Waals surface area contributed by atoms with Crippen LogP contribution in [-0.2, 0) is 18.3 Å². The van der Waals surface area contributed by atoms with Crippen LogP contribution in [0.5, 0.6) is 0 Å². The molecule has 0 saturated heterocycles. The first kappa shape index (κ1) is 20.9. The number of carbonyl (C=O) groups excluding carboxylic acids is 1. The highest BCUT2D eigenvalue weighted by atomic mass is 32.2. The van der Waals surface area contributed by atoms with Gasteiger partial charge in [-0.2, -0.15) is 0 Å². The Morgan fingerprint density at radius 1 is 1.07 bits per heavy atom. The Morgan fingerprint density at radius 2 is 1.62 bits per heavy atom. The number of aryl methyl sites for hydroxylation is 1. The van der Waals surface area contributed by atoms with Crippen LogP contribution in [-0.4, -0.2) is 20.7 Å². The fourth-order valence-electron chi connectivity index (χ4n) is 2.97. The highest BCUT2D eigenvalue weighted by molar-refractivity contribution is 8.00. The van der Waals surface area contributed by atoms with Gasteiger partial charge in [-0.05, 0) is 24.5 Å². The van der Waals surface area contributed by atoms with Crippen LogP contribution in [0.15, 0.2) is 76.7 Å². The molecular formula is C23H25N3O2S. The number of nitrogens with one attached hydrogen (secondary N) is 1. The molecule has 0 bridgehead atoms. The van der Waals surface area contributed by atoms with Gasteiger partial charge in [-0.1, -0.05) is 79.3 Å². The van der Waals surface area contributed by atoms with Crippen LogP contribution in [0.3, 0.4) is 0 Å². The summed E-state index contributed by atoms with van der Waals surface area (Å²) in [6, 6.07) is 21.1. The van der Waals surface area contributed by atoms with Crippen molar-refractivity contribution in [3.63, 3.8) is 0 Å². The zero-order valence-corrected chi connectivity index (χ0v) is 17.6. The van der Waals surface area contributed by atoms with Crippen LogP contribution in [0.1, 0.15) is 36.7 Å². The second kappa shape index (κ2) is 9.56. The van der Waals surface area contributed by atoms with Gasteiger partial charge in [-0.15, -0.1) is 0 Å². The Kier molecular flexibility index (Phi) is 6.88. The molecule has 29 heavy (non-hydrogen) atoms. The van der Waals surface area contributed by atoms with E-state index in [1.165, 1.54) is 22.4 Å². The fourth-order valence-corrected chi connectivity index (χ4v) is 3.88. The Morgan fingerprint density at radius 3 is 2.14 bits per heavy atom. The third-order valence-corrected chi connectivity index (χ3v) is 5.86. The number of rotatable bonds is 7. The maximum absolute atomic E-state index is 13.0. The summed E-state index contributed by atoms with van der Waals surface area (Å²) in [4.78, 5) is 29.7. The summed E-state index contributed by atoms with van der Waals surface area (Å²) in [6.45, 7) is 3.79. The summed E-state index contributed by atoms with van der Waals surface area (Å²) < 4.78 is 1.49. The van der Waals surface area contributed by atoms with E-state index in [2.05, 4.69) is 10.3 Å². The molecule has 0 radical (unpaired) electrons. The number of nitrogens with zero attached hydrogens (tertiary/aromatic N) is 2. The Labute approximate surface area is 175 Å². The van der Waals surface area contributed by atoms with Crippen LogP contribution >= 0.6 is 11.8 Å². The van der Waals surface area contributed by atoms with E-state index in [1.54, 1.807) is 7.05 Å². The van der Waals surface area contributed by atoms with Crippen molar-refractivity contribution in [2.45, 2.75) is 36.7 Å². The molecule has 1 unspecified atom stereocenters. The van der Waals surface area contributed by atoms with E-state index < -0.39 is 5.25 Å². The number of benzene rings is 2. The SMILES string of the molecule is CCc1cc(=O)n(C)c(SC(C)C(=O)NC(c2ccccc2)c2ccccc2)n1. The topological polar surface area (TPSA) is 64.0 Å². The molecule has 1 aromatic heterocycles. The summed E-state index contributed by atoms with van der Waals surface area (Å²) >= 11 is 1.29. The van der Waals surface area contributed by atoms with Crippen molar-refractivity contribution in [2.75, 3.05) is 0 Å². The Bertz CT molecular complexity index is 980. The molecule has 0 aliphatic carbocycles. The molecule has 1 heterocycles. The lowest BCUT2D eigenvalue weighted by Gasteiger charge is -2.22. The van der Waals surface area contributed by atoms with Gasteiger partial charge in [0.15, 0.2) is 5.16 Å². The fraction of sp³-hybridized carbons (Fsp3) is 0.261. The number of hydrogen-bond donors (Lipinski definition) is 1. The average Bonchev–Trinajstić information content (AvgIpc) is 2.76. The lowest BCUT2D eigenvalue weighted by Crippen LogP contribution is -2.35. The zero-order chi connectivity index (χ0) is 20.8. The lowest BCUT2D eigenvalue weighted by molar-refractivity contribution is -0.120. The molecular weight excluding hydrogens is 382 g/mol. The molecule has 5 nitrogen and oxygen atoms in total. The summed E-state index contributed by atoms with van der Waals surface area (Å²) in [6.07, 6.45) is 0.675. The second-order valence-electron chi connectivity index (χ2n) is 6.80. The predicted octanol–water partition coefficient (Wildman–Crippen LogP) is 3.73. The molecule has 150 valence electrons. The van der Waals surface area contributed by atoms with Gasteiger partial charge >= 0.3 is 0 Å². The number of aromatic nitrogens is 2. The maximum Gasteiger partial charge on any atom is 0.254 e. The van der Waals surface area contributed by atoms with Crippen molar-refractivity contribution in [2.24, 2.45) is 7.05 Å². The first-order chi connectivity index (χ1) is 14.0. The number of carbonyl (C=O) groups is 1. The van der Waals surface area contributed by atoms with Crippen LogP contribution in [0.25, 0.3) is 0 Å². The number of hydrogen-bond acceptors (Lipinski definition) is 4. The van der Waals surface area contributed by atoms with E-state index in [0.717, 1.165) is 16.8 Å². The monoisotopic (exact) mass is 407 g/mol. The summed E-state index contributed by atoms with van der Waals surface area (Å²) in [5.41, 5.74) is 2.65. The van der Waals surface area contributed by atoms with E-state index in [0.29, 0.717) is 11.6 Å². The zero-order valence-electron chi connectivity index (χ0n) is 16.8. The number of amides is 1. The van der Waals surface area contributed by atoms with E-state index in [1.807, 2.05) is 74.5 Å². The Balaban J connectivity index is 1.81. The van der Waals surface area contributed by atoms with Gasteiger partial charge in [0, 0.05) is 18.8 Å². The van der Waals surface area contributed by atoms with Gasteiger partial charge < -0.3 is 5.32 Å². The quantitative estimate of drug-likeness (QED) is 0.479. The molecule has 3 rings (SSSR count). The normalized spacial score (nSPS) is 12.0. The lowest BCUT2D eigenvalue weighted by atomic mass is 9.98. The van der Waals surface area contributed by atoms with Crippen LogP contribution in [0.2, 0.25) is 0 Å². The molecule has 0 aliphatic rings. The van der Waals surface area contributed by atoms with E-state index in [4.69, 9.17) is 0 Å². The van der Waals surface area contributed by atoms with Crippen molar-refractivity contribution < 1.29 is 4.79 Å². The van der Waals surface area contributed by atoms with E-state index in [9.17, 15) is 9.59 Å². The van der Waals surface area contributed by atoms with Gasteiger partial charge in [-0.25, -0.2) is 4.98 Å². The van der Waals surface area contributed by atoms with Crippen molar-refractivity contribution in [1.82, 2.24) is 14.9 Å². The third kappa shape index (κ3) is 5.15. The summed E-state index contributed by atoms with van der Waals surface area (Å²) in [7, 11) is 1.68. The molecule has 0 aliphatic heterocycles. The van der Waals surface area contributed by atoms with Crippen LogP contribution < -0.4 is 10.9 Å². The van der Waals surface area contributed by atoms with Crippen LogP contribution in [0.4, 0.5) is 0 Å². The smallest absolute Gasteiger partial charge is 0.254 e. The van der Waals surface area contributed by atoms with Crippen molar-refractivity contribution >= 4 is 17.7 Å². The average molecular weight is 408 g/mol. The second-order valence-corrected chi connectivity index (χ2v) is 8.11. The molecule has 0 saturated carbocycles. The van der Waals surface area contributed by atoms with Gasteiger partial charge in [0.1, 0.15) is 0 Å². The predicted molar refractivity (Wildman–Crippen MR) is 117 cm³/mol. The van der Waals surface area contributed by atoms with E-state index in [-0.39, 0.29) is 17.5 Å². The highest BCUT2D eigenvalue weighted by Gasteiger charge is 2.22. The van der Waals surface area contributed by atoms with Gasteiger partial charge in [0.25, 0.3) is 5.56 Å². The molecule has 0 spiro atoms. The van der Waals surface area contributed by atoms with Gasteiger partial charge in [0.05, 0.1) is 11.3 Å². The molecule has 1 atom stereocenters. The minimum atomic E-state index is -0.407. The first-order valence-electron chi connectivity index (χ1n) is 9.63. The van der Waals surface area contributed by atoms with Gasteiger partial charge in [0.2, 0.25) is 5.91 Å². The molecule has 2 aromatic carbocycles. The summed E-state index contributed by atoms with van der Waals surface area (Å²) in [5, 5.41) is 3.30. The molecule has 1 N–H and O–H groups in total. The number of thioether (sulfide) groups is 1. The van der Waals surface area contributed by atoms with Crippen molar-refractivity contribution in [1.29, 1.82) is 0 Å². The van der Waals surface area contributed by atoms with Crippen molar-refractivity contribution in [3.8, 4) is 0 Å². The third-order valence-electron chi connectivity index (χ3n) is 4.71. The highest BCUT2D eigenvalue weighted by Crippen LogP contribution is 2.25. The maximum atomic E-state index is 13.0. The molecule has 3 aromatic rings. The largest absolute Gasteiger partial charge is 0.344 e. The van der Waals surface area contributed by atoms with E-state index >= 15 is 0 Å². The minimum Gasteiger partial charge on any atom is -0.344 e.